The van der Waals surface area contributed by atoms with Crippen LogP contribution in [0.1, 0.15) is 35.2 Å². The summed E-state index contributed by atoms with van der Waals surface area (Å²) in [5.41, 5.74) is 4.37. The molecule has 2 amide bonds. The Hall–Kier alpha value is -2.62. The molecule has 0 atom stereocenters. The van der Waals surface area contributed by atoms with Crippen molar-refractivity contribution in [2.75, 3.05) is 19.6 Å². The lowest BCUT2D eigenvalue weighted by atomic mass is 9.77. The molecule has 2 aliphatic heterocycles. The summed E-state index contributed by atoms with van der Waals surface area (Å²) in [6.45, 7) is 4.32. The van der Waals surface area contributed by atoms with Gasteiger partial charge in [-0.25, -0.2) is 0 Å². The topological polar surface area (TPSA) is 49.4 Å². The van der Waals surface area contributed by atoms with Gasteiger partial charge < -0.3 is 10.2 Å². The monoisotopic (exact) mass is 348 g/mol. The van der Waals surface area contributed by atoms with Crippen LogP contribution in [0.4, 0.5) is 0 Å². The summed E-state index contributed by atoms with van der Waals surface area (Å²) in [7, 11) is 0. The molecule has 2 aromatic carbocycles. The zero-order valence-electron chi connectivity index (χ0n) is 15.1. The van der Waals surface area contributed by atoms with Gasteiger partial charge in [0.1, 0.15) is 0 Å². The number of nitrogens with zero attached hydrogens (tertiary/aromatic N) is 1. The fourth-order valence-corrected chi connectivity index (χ4v) is 4.16. The van der Waals surface area contributed by atoms with E-state index < -0.39 is 0 Å². The number of piperidine rings is 1. The molecule has 2 fully saturated rings. The maximum absolute atomic E-state index is 12.8. The zero-order chi connectivity index (χ0) is 18.1. The Morgan fingerprint density at radius 2 is 1.73 bits per heavy atom. The number of hydrogen-bond acceptors (Lipinski definition) is 2. The average Bonchev–Trinajstić information content (AvgIpc) is 3.03. The summed E-state index contributed by atoms with van der Waals surface area (Å²) in [4.78, 5) is 26.3. The van der Waals surface area contributed by atoms with E-state index in [0.29, 0.717) is 6.42 Å². The Bertz CT molecular complexity index is 833. The van der Waals surface area contributed by atoms with Gasteiger partial charge >= 0.3 is 0 Å². The van der Waals surface area contributed by atoms with Crippen molar-refractivity contribution in [3.8, 4) is 11.1 Å². The fraction of sp³-hybridized carbons (Fsp3) is 0.364. The van der Waals surface area contributed by atoms with Crippen LogP contribution < -0.4 is 5.32 Å². The van der Waals surface area contributed by atoms with Gasteiger partial charge in [-0.05, 0) is 54.0 Å². The molecule has 2 aromatic rings. The molecule has 1 spiro atoms. The van der Waals surface area contributed by atoms with Crippen molar-refractivity contribution in [3.05, 3.63) is 59.7 Å². The lowest BCUT2D eigenvalue weighted by Gasteiger charge is -2.38. The second kappa shape index (κ2) is 6.60. The van der Waals surface area contributed by atoms with Crippen LogP contribution in [-0.4, -0.2) is 36.3 Å². The van der Waals surface area contributed by atoms with Crippen LogP contribution in [0.3, 0.4) is 0 Å². The number of amides is 2. The number of rotatable bonds is 2. The normalized spacial score (nSPS) is 18.8. The van der Waals surface area contributed by atoms with Crippen molar-refractivity contribution in [1.29, 1.82) is 0 Å². The molecular weight excluding hydrogens is 324 g/mol. The van der Waals surface area contributed by atoms with Crippen molar-refractivity contribution >= 4 is 11.8 Å². The molecule has 2 saturated heterocycles. The molecule has 0 aliphatic carbocycles. The van der Waals surface area contributed by atoms with Crippen LogP contribution in [0.2, 0.25) is 0 Å². The Morgan fingerprint density at radius 1 is 1.04 bits per heavy atom. The van der Waals surface area contributed by atoms with Gasteiger partial charge in [0, 0.05) is 31.6 Å². The van der Waals surface area contributed by atoms with Gasteiger partial charge in [-0.2, -0.15) is 0 Å². The van der Waals surface area contributed by atoms with E-state index in [4.69, 9.17) is 0 Å². The van der Waals surface area contributed by atoms with Crippen LogP contribution in [0, 0.1) is 12.3 Å². The Balaban J connectivity index is 1.44. The molecule has 26 heavy (non-hydrogen) atoms. The molecule has 1 N–H and O–H groups in total. The van der Waals surface area contributed by atoms with E-state index >= 15 is 0 Å². The molecular formula is C22H24N2O2. The minimum Gasteiger partial charge on any atom is -0.356 e. The molecule has 0 unspecified atom stereocenters. The number of hydrogen-bond donors (Lipinski definition) is 1. The van der Waals surface area contributed by atoms with Crippen molar-refractivity contribution in [1.82, 2.24) is 10.2 Å². The summed E-state index contributed by atoms with van der Waals surface area (Å²) >= 11 is 0. The highest BCUT2D eigenvalue weighted by Crippen LogP contribution is 2.37. The number of nitrogens with one attached hydrogen (secondary N) is 1. The van der Waals surface area contributed by atoms with Gasteiger partial charge in [0.05, 0.1) is 0 Å². The second-order valence-electron chi connectivity index (χ2n) is 7.64. The highest BCUT2D eigenvalue weighted by Gasteiger charge is 2.41. The number of benzene rings is 2. The van der Waals surface area contributed by atoms with E-state index in [1.165, 1.54) is 11.1 Å². The quantitative estimate of drug-likeness (QED) is 0.904. The van der Waals surface area contributed by atoms with Crippen molar-refractivity contribution in [3.63, 3.8) is 0 Å². The first-order chi connectivity index (χ1) is 12.6. The third-order valence-corrected chi connectivity index (χ3v) is 5.90. The van der Waals surface area contributed by atoms with Gasteiger partial charge in [-0.15, -0.1) is 0 Å². The summed E-state index contributed by atoms with van der Waals surface area (Å²) in [5, 5.41) is 2.94. The molecule has 0 aromatic heterocycles. The standard InChI is InChI=1S/C22H24N2O2/c1-16-4-2-3-5-19(16)17-6-8-18(9-7-17)21(26)24-12-10-22(11-13-24)14-20(25)23-15-22/h2-9H,10-15H2,1H3,(H,23,25). The number of carbonyl (C=O) groups excluding carboxylic acids is 2. The Morgan fingerprint density at radius 3 is 2.35 bits per heavy atom. The molecule has 134 valence electrons. The smallest absolute Gasteiger partial charge is 0.253 e. The van der Waals surface area contributed by atoms with E-state index in [9.17, 15) is 9.59 Å². The van der Waals surface area contributed by atoms with E-state index in [0.717, 1.165) is 43.6 Å². The first-order valence-corrected chi connectivity index (χ1v) is 9.28. The van der Waals surface area contributed by atoms with Crippen molar-refractivity contribution < 1.29 is 9.59 Å². The van der Waals surface area contributed by atoms with E-state index in [2.05, 4.69) is 24.4 Å². The highest BCUT2D eigenvalue weighted by atomic mass is 16.2. The number of likely N-dealkylation sites (tertiary alicyclic amines) is 1. The molecule has 2 aliphatic rings. The van der Waals surface area contributed by atoms with Gasteiger partial charge in [-0.3, -0.25) is 9.59 Å². The van der Waals surface area contributed by atoms with E-state index in [-0.39, 0.29) is 17.2 Å². The average molecular weight is 348 g/mol. The van der Waals surface area contributed by atoms with Crippen LogP contribution in [0.25, 0.3) is 11.1 Å². The molecule has 4 rings (SSSR count). The highest BCUT2D eigenvalue weighted by molar-refractivity contribution is 5.95. The molecule has 2 heterocycles. The minimum atomic E-state index is 0.0720. The summed E-state index contributed by atoms with van der Waals surface area (Å²) in [6, 6.07) is 16.2. The van der Waals surface area contributed by atoms with E-state index in [1.807, 2.05) is 41.3 Å². The summed E-state index contributed by atoms with van der Waals surface area (Å²) < 4.78 is 0. The zero-order valence-corrected chi connectivity index (χ0v) is 15.1. The lowest BCUT2D eigenvalue weighted by molar-refractivity contribution is -0.119. The van der Waals surface area contributed by atoms with Crippen LogP contribution in [-0.2, 0) is 4.79 Å². The Kier molecular flexibility index (Phi) is 4.27. The lowest BCUT2D eigenvalue weighted by Crippen LogP contribution is -2.44. The van der Waals surface area contributed by atoms with Gasteiger partial charge in [0.15, 0.2) is 0 Å². The molecule has 4 heteroatoms. The van der Waals surface area contributed by atoms with Gasteiger partial charge in [0.2, 0.25) is 5.91 Å². The SMILES string of the molecule is Cc1ccccc1-c1ccc(C(=O)N2CCC3(CC2)CNC(=O)C3)cc1. The maximum atomic E-state index is 12.8. The van der Waals surface area contributed by atoms with Gasteiger partial charge in [0.25, 0.3) is 5.91 Å². The van der Waals surface area contributed by atoms with Crippen LogP contribution in [0.5, 0.6) is 0 Å². The third-order valence-electron chi connectivity index (χ3n) is 5.90. The molecule has 0 saturated carbocycles. The van der Waals surface area contributed by atoms with Gasteiger partial charge in [-0.1, -0.05) is 36.4 Å². The predicted molar refractivity (Wildman–Crippen MR) is 102 cm³/mol. The van der Waals surface area contributed by atoms with Crippen LogP contribution in [0.15, 0.2) is 48.5 Å². The summed E-state index contributed by atoms with van der Waals surface area (Å²) in [5.74, 6) is 0.241. The Labute approximate surface area is 154 Å². The first kappa shape index (κ1) is 16.8. The predicted octanol–water partition coefficient (Wildman–Crippen LogP) is 3.40. The fourth-order valence-electron chi connectivity index (χ4n) is 4.16. The second-order valence-corrected chi connectivity index (χ2v) is 7.64. The maximum Gasteiger partial charge on any atom is 0.253 e. The van der Waals surface area contributed by atoms with Crippen molar-refractivity contribution in [2.45, 2.75) is 26.2 Å². The summed E-state index contributed by atoms with van der Waals surface area (Å²) in [6.07, 6.45) is 2.41. The molecule has 0 radical (unpaired) electrons. The molecule has 0 bridgehead atoms. The number of aryl methyl sites for hydroxylation is 1. The minimum absolute atomic E-state index is 0.0720. The first-order valence-electron chi connectivity index (χ1n) is 9.28. The number of carbonyl (C=O) groups is 2. The van der Waals surface area contributed by atoms with Crippen molar-refractivity contribution in [2.24, 2.45) is 5.41 Å². The molecule has 4 nitrogen and oxygen atoms in total. The largest absolute Gasteiger partial charge is 0.356 e. The van der Waals surface area contributed by atoms with Crippen LogP contribution >= 0.6 is 0 Å². The van der Waals surface area contributed by atoms with E-state index in [1.54, 1.807) is 0 Å². The third kappa shape index (κ3) is 3.12.